The number of methoxy groups -OCH3 is 1. The van der Waals surface area contributed by atoms with E-state index in [-0.39, 0.29) is 18.1 Å². The fourth-order valence-corrected chi connectivity index (χ4v) is 2.70. The number of aryl methyl sites for hydroxylation is 1. The number of hydrazone groups is 1. The predicted molar refractivity (Wildman–Crippen MR) is 97.1 cm³/mol. The summed E-state index contributed by atoms with van der Waals surface area (Å²) in [7, 11) is 1.61. The van der Waals surface area contributed by atoms with E-state index in [1.165, 1.54) is 6.21 Å². The summed E-state index contributed by atoms with van der Waals surface area (Å²) in [6.07, 6.45) is 1.69. The fraction of sp³-hybridized carbons (Fsp3) is 0.158. The van der Waals surface area contributed by atoms with Gasteiger partial charge in [0.05, 0.1) is 19.7 Å². The Morgan fingerprint density at radius 2 is 2.16 bits per heavy atom. The molecule has 1 aromatic heterocycles. The van der Waals surface area contributed by atoms with E-state index in [1.807, 2.05) is 25.1 Å². The Labute approximate surface area is 145 Å². The number of H-pyrrole nitrogens is 1. The molecule has 0 saturated carbocycles. The van der Waals surface area contributed by atoms with Crippen LogP contribution in [0.5, 0.6) is 11.5 Å². The molecule has 0 spiro atoms. The molecular formula is C19H19N3O3. The molecule has 3 rings (SSSR count). The van der Waals surface area contributed by atoms with E-state index in [4.69, 9.17) is 4.74 Å². The van der Waals surface area contributed by atoms with Crippen molar-refractivity contribution in [3.8, 4) is 11.5 Å². The largest absolute Gasteiger partial charge is 0.508 e. The summed E-state index contributed by atoms with van der Waals surface area (Å²) in [5.74, 6) is 0.678. The highest BCUT2D eigenvalue weighted by Crippen LogP contribution is 2.26. The molecule has 3 N–H and O–H groups in total. The number of carbonyl (C=O) groups is 1. The van der Waals surface area contributed by atoms with E-state index < -0.39 is 0 Å². The molecule has 0 radical (unpaired) electrons. The molecular weight excluding hydrogens is 318 g/mol. The lowest BCUT2D eigenvalue weighted by atomic mass is 10.1. The lowest BCUT2D eigenvalue weighted by Crippen LogP contribution is -2.20. The predicted octanol–water partition coefficient (Wildman–Crippen LogP) is 2.88. The van der Waals surface area contributed by atoms with Crippen molar-refractivity contribution >= 4 is 23.0 Å². The number of fused-ring (bicyclic) bond motifs is 1. The van der Waals surface area contributed by atoms with E-state index in [1.54, 1.807) is 31.4 Å². The summed E-state index contributed by atoms with van der Waals surface area (Å²) >= 11 is 0. The highest BCUT2D eigenvalue weighted by molar-refractivity contribution is 5.91. The number of nitrogens with zero attached hydrogens (tertiary/aromatic N) is 1. The number of hydrogen-bond acceptors (Lipinski definition) is 4. The number of ether oxygens (including phenoxy) is 1. The number of benzene rings is 2. The molecule has 0 aliphatic carbocycles. The molecule has 0 aliphatic heterocycles. The van der Waals surface area contributed by atoms with Crippen molar-refractivity contribution in [2.45, 2.75) is 13.3 Å². The second kappa shape index (κ2) is 7.09. The zero-order chi connectivity index (χ0) is 17.8. The molecule has 25 heavy (non-hydrogen) atoms. The van der Waals surface area contributed by atoms with Gasteiger partial charge in [-0.25, -0.2) is 5.43 Å². The fourth-order valence-electron chi connectivity index (χ4n) is 2.70. The minimum atomic E-state index is -0.219. The Morgan fingerprint density at radius 1 is 1.32 bits per heavy atom. The normalized spacial score (nSPS) is 11.1. The van der Waals surface area contributed by atoms with Crippen LogP contribution in [0.25, 0.3) is 10.9 Å². The van der Waals surface area contributed by atoms with Gasteiger partial charge in [0.2, 0.25) is 5.91 Å². The van der Waals surface area contributed by atoms with Crippen LogP contribution in [0.1, 0.15) is 16.8 Å². The third-order valence-corrected chi connectivity index (χ3v) is 3.94. The van der Waals surface area contributed by atoms with Crippen LogP contribution in [-0.2, 0) is 11.2 Å². The summed E-state index contributed by atoms with van der Waals surface area (Å²) in [5, 5.41) is 14.3. The van der Waals surface area contributed by atoms with Gasteiger partial charge in [-0.2, -0.15) is 5.10 Å². The lowest BCUT2D eigenvalue weighted by Gasteiger charge is -2.03. The lowest BCUT2D eigenvalue weighted by molar-refractivity contribution is -0.120. The third kappa shape index (κ3) is 3.80. The standard InChI is InChI=1S/C19H19N3O3/c1-12-16(17-9-15(25-2)6-7-18(17)21-12)10-19(24)22-20-11-13-4-3-5-14(23)8-13/h3-9,11,21,23H,10H2,1-2H3,(H,22,24). The number of nitrogens with one attached hydrogen (secondary N) is 2. The summed E-state index contributed by atoms with van der Waals surface area (Å²) in [5.41, 5.74) is 6.03. The van der Waals surface area contributed by atoms with Crippen LogP contribution >= 0.6 is 0 Å². The van der Waals surface area contributed by atoms with Crippen molar-refractivity contribution in [3.05, 3.63) is 59.3 Å². The van der Waals surface area contributed by atoms with Crippen LogP contribution < -0.4 is 10.2 Å². The minimum absolute atomic E-state index is 0.152. The molecule has 0 saturated heterocycles. The van der Waals surface area contributed by atoms with Crippen LogP contribution in [0.4, 0.5) is 0 Å². The average molecular weight is 337 g/mol. The maximum Gasteiger partial charge on any atom is 0.244 e. The van der Waals surface area contributed by atoms with E-state index in [9.17, 15) is 9.90 Å². The number of aromatic nitrogens is 1. The molecule has 1 heterocycles. The number of phenols is 1. The molecule has 0 fully saturated rings. The average Bonchev–Trinajstić information content (AvgIpc) is 2.90. The maximum absolute atomic E-state index is 12.2. The molecule has 6 heteroatoms. The Bertz CT molecular complexity index is 944. The Kier molecular flexibility index (Phi) is 4.70. The van der Waals surface area contributed by atoms with Crippen molar-refractivity contribution < 1.29 is 14.6 Å². The number of carbonyl (C=O) groups excluding carboxylic acids is 1. The summed E-state index contributed by atoms with van der Waals surface area (Å²) in [4.78, 5) is 15.5. The first kappa shape index (κ1) is 16.6. The summed E-state index contributed by atoms with van der Waals surface area (Å²) < 4.78 is 5.26. The van der Waals surface area contributed by atoms with Gasteiger partial charge in [0, 0.05) is 16.6 Å². The smallest absolute Gasteiger partial charge is 0.244 e. The first-order valence-electron chi connectivity index (χ1n) is 7.83. The minimum Gasteiger partial charge on any atom is -0.508 e. The highest BCUT2D eigenvalue weighted by Gasteiger charge is 2.13. The van der Waals surface area contributed by atoms with Crippen molar-refractivity contribution in [2.24, 2.45) is 5.10 Å². The van der Waals surface area contributed by atoms with Gasteiger partial charge in [0.15, 0.2) is 0 Å². The van der Waals surface area contributed by atoms with Gasteiger partial charge in [-0.1, -0.05) is 12.1 Å². The van der Waals surface area contributed by atoms with Crippen LogP contribution in [0.15, 0.2) is 47.6 Å². The van der Waals surface area contributed by atoms with Crippen LogP contribution in [0, 0.1) is 6.92 Å². The first-order valence-corrected chi connectivity index (χ1v) is 7.83. The van der Waals surface area contributed by atoms with Crippen molar-refractivity contribution in [2.75, 3.05) is 7.11 Å². The van der Waals surface area contributed by atoms with E-state index >= 15 is 0 Å². The monoisotopic (exact) mass is 337 g/mol. The molecule has 0 atom stereocenters. The second-order valence-electron chi connectivity index (χ2n) is 5.71. The molecule has 0 bridgehead atoms. The quantitative estimate of drug-likeness (QED) is 0.494. The van der Waals surface area contributed by atoms with Gasteiger partial charge in [-0.15, -0.1) is 0 Å². The first-order chi connectivity index (χ1) is 12.1. The molecule has 0 unspecified atom stereocenters. The van der Waals surface area contributed by atoms with Gasteiger partial charge in [0.25, 0.3) is 0 Å². The number of aromatic amines is 1. The summed E-state index contributed by atoms with van der Waals surface area (Å²) in [6.45, 7) is 1.94. The number of amides is 1. The number of rotatable bonds is 5. The van der Waals surface area contributed by atoms with E-state index in [0.717, 1.165) is 27.9 Å². The summed E-state index contributed by atoms with van der Waals surface area (Å²) in [6, 6.07) is 12.4. The van der Waals surface area contributed by atoms with Crippen molar-refractivity contribution in [1.82, 2.24) is 10.4 Å². The Balaban J connectivity index is 1.72. The van der Waals surface area contributed by atoms with Crippen molar-refractivity contribution in [3.63, 3.8) is 0 Å². The number of hydrogen-bond donors (Lipinski definition) is 3. The van der Waals surface area contributed by atoms with Gasteiger partial charge in [-0.3, -0.25) is 4.79 Å². The zero-order valence-electron chi connectivity index (χ0n) is 14.0. The van der Waals surface area contributed by atoms with Crippen molar-refractivity contribution in [1.29, 1.82) is 0 Å². The number of aromatic hydroxyl groups is 1. The van der Waals surface area contributed by atoms with Crippen LogP contribution in [0.2, 0.25) is 0 Å². The van der Waals surface area contributed by atoms with E-state index in [0.29, 0.717) is 5.56 Å². The van der Waals surface area contributed by atoms with Gasteiger partial charge < -0.3 is 14.8 Å². The molecule has 2 aromatic carbocycles. The van der Waals surface area contributed by atoms with Gasteiger partial charge in [-0.05, 0) is 48.4 Å². The van der Waals surface area contributed by atoms with E-state index in [2.05, 4.69) is 15.5 Å². The molecule has 0 aliphatic rings. The maximum atomic E-state index is 12.2. The topological polar surface area (TPSA) is 86.7 Å². The van der Waals surface area contributed by atoms with Crippen LogP contribution in [0.3, 0.4) is 0 Å². The van der Waals surface area contributed by atoms with Crippen LogP contribution in [-0.4, -0.2) is 29.3 Å². The van der Waals surface area contributed by atoms with Gasteiger partial charge >= 0.3 is 0 Å². The number of phenolic OH excluding ortho intramolecular Hbond substituents is 1. The molecule has 3 aromatic rings. The Hall–Kier alpha value is -3.28. The highest BCUT2D eigenvalue weighted by atomic mass is 16.5. The second-order valence-corrected chi connectivity index (χ2v) is 5.71. The SMILES string of the molecule is COc1ccc2[nH]c(C)c(CC(=O)NN=Cc3cccc(O)c3)c2c1. The Morgan fingerprint density at radius 3 is 2.92 bits per heavy atom. The van der Waals surface area contributed by atoms with Gasteiger partial charge in [0.1, 0.15) is 11.5 Å². The molecule has 128 valence electrons. The molecule has 1 amide bonds. The zero-order valence-corrected chi connectivity index (χ0v) is 14.0. The molecule has 6 nitrogen and oxygen atoms in total. The third-order valence-electron chi connectivity index (χ3n) is 3.94.